The largest absolute Gasteiger partial charge is 2.00 e. The monoisotopic (exact) mass is 673 g/mol. The summed E-state index contributed by atoms with van der Waals surface area (Å²) in [5.41, 5.74) is 0. The normalized spacial score (nSPS) is 5.23. The maximum Gasteiger partial charge on any atom is 2.00 e. The molecule has 0 aliphatic carbocycles. The topological polar surface area (TPSA) is 0 Å². The molecule has 0 unspecified atom stereocenters. The Morgan fingerprint density at radius 3 is 0.323 bits per heavy atom. The summed E-state index contributed by atoms with van der Waals surface area (Å²) in [7, 11) is 0. The molecule has 1 radical (unpaired) electrons. The number of rotatable bonds is 0. The van der Waals surface area contributed by atoms with Crippen LogP contribution in [0.4, 0.5) is 0 Å². The Bertz CT molecular complexity index is 303. The molecular formula is C29H52WY-2. The Labute approximate surface area is 239 Å². The van der Waals surface area contributed by atoms with Crippen LogP contribution in [0.1, 0.15) is 49.0 Å². The average molecular weight is 673 g/mol. The van der Waals surface area contributed by atoms with Gasteiger partial charge in [-0.1, -0.05) is 158 Å². The van der Waals surface area contributed by atoms with Crippen LogP contribution in [0.15, 0.2) is 109 Å². The standard InChI is InChI=1S/3C6H6.3C2H6.CH4.4CH3.W.Y/c3*1-2-4-6-5-3-1;3*1-2;;;;;;;/h3*1-6H;3*1-2H3;1H4;4*1H3;;/q;;;;;;;4*-1;+2;. The van der Waals surface area contributed by atoms with Crippen molar-refractivity contribution in [3.05, 3.63) is 139 Å². The van der Waals surface area contributed by atoms with Gasteiger partial charge in [0.05, 0.1) is 0 Å². The molecule has 0 saturated heterocycles. The molecule has 0 heterocycles. The summed E-state index contributed by atoms with van der Waals surface area (Å²) in [6.07, 6.45) is 0. The number of hydrogen-bond acceptors (Lipinski definition) is 0. The van der Waals surface area contributed by atoms with E-state index in [1.807, 2.05) is 151 Å². The maximum absolute atomic E-state index is 2.00. The molecule has 3 aromatic rings. The second-order valence-electron chi connectivity index (χ2n) is 3.46. The van der Waals surface area contributed by atoms with Gasteiger partial charge in [-0.25, -0.2) is 0 Å². The van der Waals surface area contributed by atoms with Gasteiger partial charge in [0, 0.05) is 32.7 Å². The number of benzene rings is 3. The minimum atomic E-state index is 0. The van der Waals surface area contributed by atoms with E-state index in [4.69, 9.17) is 0 Å². The molecular weight excluding hydrogens is 621 g/mol. The minimum Gasteiger partial charge on any atom is -0.358 e. The van der Waals surface area contributed by atoms with E-state index in [-0.39, 0.29) is 90.9 Å². The van der Waals surface area contributed by atoms with Crippen LogP contribution in [0.3, 0.4) is 0 Å². The van der Waals surface area contributed by atoms with E-state index in [1.165, 1.54) is 0 Å². The zero-order valence-corrected chi connectivity index (χ0v) is 27.1. The molecule has 0 spiro atoms. The molecule has 2 heteroatoms. The summed E-state index contributed by atoms with van der Waals surface area (Å²) in [5.74, 6) is 0. The van der Waals surface area contributed by atoms with E-state index >= 15 is 0 Å². The molecule has 0 fully saturated rings. The smallest absolute Gasteiger partial charge is 0.358 e. The van der Waals surface area contributed by atoms with E-state index in [0.717, 1.165) is 0 Å². The molecule has 0 atom stereocenters. The fraction of sp³-hybridized carbons (Fsp3) is 0.241. The molecule has 0 aliphatic heterocycles. The fourth-order valence-electron chi connectivity index (χ4n) is 1.15. The van der Waals surface area contributed by atoms with Crippen molar-refractivity contribution < 1.29 is 53.8 Å². The van der Waals surface area contributed by atoms with Crippen LogP contribution in [0.2, 0.25) is 0 Å². The van der Waals surface area contributed by atoms with Crippen molar-refractivity contribution in [3.63, 3.8) is 0 Å². The van der Waals surface area contributed by atoms with Gasteiger partial charge in [-0.2, -0.15) is 0 Å². The van der Waals surface area contributed by atoms with Gasteiger partial charge >= 0.3 is 21.1 Å². The fourth-order valence-corrected chi connectivity index (χ4v) is 1.15. The van der Waals surface area contributed by atoms with Crippen molar-refractivity contribution in [2.75, 3.05) is 0 Å². The minimum absolute atomic E-state index is 0. The van der Waals surface area contributed by atoms with E-state index < -0.39 is 0 Å². The van der Waals surface area contributed by atoms with Crippen molar-refractivity contribution in [2.45, 2.75) is 49.0 Å². The van der Waals surface area contributed by atoms with Gasteiger partial charge in [0.2, 0.25) is 0 Å². The third-order valence-electron chi connectivity index (χ3n) is 2.00. The number of hydrogen-bond donors (Lipinski definition) is 0. The summed E-state index contributed by atoms with van der Waals surface area (Å²) in [6, 6.07) is 36.0. The molecule has 31 heavy (non-hydrogen) atoms. The maximum atomic E-state index is 2.00. The van der Waals surface area contributed by atoms with Gasteiger partial charge < -0.3 is 29.7 Å². The molecule has 0 N–H and O–H groups in total. The van der Waals surface area contributed by atoms with Crippen LogP contribution in [0, 0.1) is 29.7 Å². The third kappa shape index (κ3) is 72.9. The van der Waals surface area contributed by atoms with Gasteiger partial charge in [-0.05, 0) is 0 Å². The summed E-state index contributed by atoms with van der Waals surface area (Å²) < 4.78 is 0. The second kappa shape index (κ2) is 78.3. The molecule has 3 aromatic carbocycles. The first kappa shape index (κ1) is 63.2. The van der Waals surface area contributed by atoms with Crippen molar-refractivity contribution in [2.24, 2.45) is 0 Å². The first-order valence-electron chi connectivity index (χ1n) is 9.00. The van der Waals surface area contributed by atoms with Gasteiger partial charge in [0.1, 0.15) is 0 Å². The van der Waals surface area contributed by atoms with Gasteiger partial charge in [-0.3, -0.25) is 0 Å². The average Bonchev–Trinajstić information content (AvgIpc) is 2.77. The quantitative estimate of drug-likeness (QED) is 0.209. The van der Waals surface area contributed by atoms with Crippen LogP contribution in [0.25, 0.3) is 0 Å². The van der Waals surface area contributed by atoms with Crippen LogP contribution in [0.5, 0.6) is 0 Å². The Morgan fingerprint density at radius 2 is 0.290 bits per heavy atom. The predicted molar refractivity (Wildman–Crippen MR) is 146 cm³/mol. The molecule has 0 nitrogen and oxygen atoms in total. The van der Waals surface area contributed by atoms with Crippen LogP contribution in [-0.2, 0) is 53.8 Å². The second-order valence-corrected chi connectivity index (χ2v) is 3.46. The van der Waals surface area contributed by atoms with Crippen LogP contribution >= 0.6 is 0 Å². The van der Waals surface area contributed by atoms with Crippen molar-refractivity contribution >= 4 is 0 Å². The zero-order valence-electron chi connectivity index (χ0n) is 21.4. The summed E-state index contributed by atoms with van der Waals surface area (Å²) in [5, 5.41) is 0. The van der Waals surface area contributed by atoms with E-state index in [9.17, 15) is 0 Å². The Hall–Kier alpha value is -0.548. The molecule has 179 valence electrons. The van der Waals surface area contributed by atoms with E-state index in [2.05, 4.69) is 0 Å². The summed E-state index contributed by atoms with van der Waals surface area (Å²) >= 11 is 0. The van der Waals surface area contributed by atoms with Gasteiger partial charge in [0.25, 0.3) is 0 Å². The van der Waals surface area contributed by atoms with Crippen molar-refractivity contribution in [3.8, 4) is 0 Å². The van der Waals surface area contributed by atoms with Crippen molar-refractivity contribution in [1.82, 2.24) is 0 Å². The predicted octanol–water partition coefficient (Wildman–Crippen LogP) is 10.6. The first-order chi connectivity index (χ1) is 12.0. The Balaban J connectivity index is -0.0000000216. The molecule has 0 amide bonds. The zero-order chi connectivity index (χ0) is 18.7. The molecule has 3 rings (SSSR count). The first-order valence-corrected chi connectivity index (χ1v) is 9.00. The third-order valence-corrected chi connectivity index (χ3v) is 2.00. The molecule has 0 saturated carbocycles. The molecule has 0 bridgehead atoms. The summed E-state index contributed by atoms with van der Waals surface area (Å²) in [6.45, 7) is 12.0. The SMILES string of the molecule is C.CC.CC.CC.[CH3-].[CH3-].[CH3-].[CH3-].[W+2].[Y].c1ccccc1.c1ccccc1.c1ccccc1. The van der Waals surface area contributed by atoms with Crippen LogP contribution in [-0.4, -0.2) is 0 Å². The van der Waals surface area contributed by atoms with Crippen LogP contribution < -0.4 is 0 Å². The summed E-state index contributed by atoms with van der Waals surface area (Å²) in [4.78, 5) is 0. The molecule has 0 aromatic heterocycles. The van der Waals surface area contributed by atoms with Crippen molar-refractivity contribution in [1.29, 1.82) is 0 Å². The van der Waals surface area contributed by atoms with E-state index in [0.29, 0.717) is 0 Å². The van der Waals surface area contributed by atoms with Gasteiger partial charge in [-0.15, -0.1) is 0 Å². The molecule has 0 aliphatic rings. The Kier molecular flexibility index (Phi) is 159. The van der Waals surface area contributed by atoms with Gasteiger partial charge in [0.15, 0.2) is 0 Å². The Morgan fingerprint density at radius 1 is 0.258 bits per heavy atom. The van der Waals surface area contributed by atoms with E-state index in [1.54, 1.807) is 0 Å².